The second kappa shape index (κ2) is 4.19. The van der Waals surface area contributed by atoms with Crippen molar-refractivity contribution in [3.8, 4) is 0 Å². The first kappa shape index (κ1) is 12.0. The summed E-state index contributed by atoms with van der Waals surface area (Å²) < 4.78 is 0. The second-order valence-electron chi connectivity index (χ2n) is 3.82. The molecule has 1 N–H and O–H groups in total. The van der Waals surface area contributed by atoms with Crippen LogP contribution in [0.3, 0.4) is 0 Å². The van der Waals surface area contributed by atoms with Gasteiger partial charge in [0.05, 0.1) is 5.52 Å². The molecule has 0 unspecified atom stereocenters. The van der Waals surface area contributed by atoms with E-state index in [0.29, 0.717) is 0 Å². The molecule has 0 bridgehead atoms. The number of aromatic amines is 1. The summed E-state index contributed by atoms with van der Waals surface area (Å²) >= 11 is 0. The molecule has 0 aliphatic heterocycles. The van der Waals surface area contributed by atoms with Crippen molar-refractivity contribution in [3.63, 3.8) is 0 Å². The van der Waals surface area contributed by atoms with Crippen LogP contribution in [0.4, 0.5) is 0 Å². The van der Waals surface area contributed by atoms with Gasteiger partial charge in [-0.15, -0.1) is 0 Å². The van der Waals surface area contributed by atoms with Gasteiger partial charge in [-0.05, 0) is 38.0 Å². The summed E-state index contributed by atoms with van der Waals surface area (Å²) in [5.74, 6) is 0. The number of rotatable bonds is 0. The first-order chi connectivity index (χ1) is 6.58. The van der Waals surface area contributed by atoms with Crippen molar-refractivity contribution in [2.75, 3.05) is 0 Å². The fourth-order valence-corrected chi connectivity index (χ4v) is 1.88. The smallest absolute Gasteiger partial charge is 0.248 e. The van der Waals surface area contributed by atoms with E-state index in [1.165, 1.54) is 5.56 Å². The Morgan fingerprint density at radius 2 is 1.67 bits per heavy atom. The van der Waals surface area contributed by atoms with Crippen molar-refractivity contribution in [1.29, 1.82) is 0 Å². The number of fused-ring (bicyclic) bond motifs is 1. The molecule has 0 saturated heterocycles. The molecule has 0 spiro atoms. The number of hydrogen-bond acceptors (Lipinski definition) is 1. The largest absolute Gasteiger partial charge is 0.322 e. The first-order valence-electron chi connectivity index (χ1n) is 4.69. The average Bonchev–Trinajstić information content (AvgIpc) is 2.07. The molecule has 0 fully saturated rings. The molecular formula is C12H13BrNO. The van der Waals surface area contributed by atoms with Crippen LogP contribution >= 0.6 is 17.0 Å². The Balaban J connectivity index is 0.00000112. The highest BCUT2D eigenvalue weighted by molar-refractivity contribution is 8.93. The first-order valence-corrected chi connectivity index (χ1v) is 4.69. The summed E-state index contributed by atoms with van der Waals surface area (Å²) in [5, 5.41) is 1.14. The van der Waals surface area contributed by atoms with Gasteiger partial charge in [0.25, 0.3) is 0 Å². The molecule has 79 valence electrons. The molecule has 1 aromatic heterocycles. The summed E-state index contributed by atoms with van der Waals surface area (Å²) in [6.45, 7) is 6.05. The van der Waals surface area contributed by atoms with Crippen LogP contribution in [0.15, 0.2) is 23.0 Å². The fraction of sp³-hybridized carbons (Fsp3) is 0.250. The molecule has 15 heavy (non-hydrogen) atoms. The Labute approximate surface area is 99.1 Å². The van der Waals surface area contributed by atoms with Gasteiger partial charge in [0, 0.05) is 28.4 Å². The number of H-pyrrole nitrogens is 1. The van der Waals surface area contributed by atoms with Gasteiger partial charge in [-0.2, -0.15) is 0 Å². The van der Waals surface area contributed by atoms with Gasteiger partial charge >= 0.3 is 0 Å². The molecule has 1 heterocycles. The van der Waals surface area contributed by atoms with Crippen LogP contribution in [0.5, 0.6) is 0 Å². The van der Waals surface area contributed by atoms with Crippen LogP contribution in [-0.2, 0) is 0 Å². The van der Waals surface area contributed by atoms with E-state index in [0.717, 1.165) is 22.0 Å². The van der Waals surface area contributed by atoms with Crippen molar-refractivity contribution in [3.05, 3.63) is 45.2 Å². The number of hydrogen-bond donors (Lipinski definition) is 1. The molecule has 2 aromatic rings. The lowest BCUT2D eigenvalue weighted by atomic mass is 10.0. The number of halogens is 1. The maximum atomic E-state index is 11.3. The standard InChI is InChI=1S/C12H13NO.Br/c1-7-4-9(3)12-10(5-7)8(2)6-11(14)13-12;/h4-6H,1-3H3,(H,13,14);. The minimum Gasteiger partial charge on any atom is -0.322 e. The predicted molar refractivity (Wildman–Crippen MR) is 67.7 cm³/mol. The van der Waals surface area contributed by atoms with Crippen LogP contribution in [0.1, 0.15) is 16.7 Å². The zero-order chi connectivity index (χ0) is 10.3. The molecule has 2 nitrogen and oxygen atoms in total. The Morgan fingerprint density at radius 1 is 1.00 bits per heavy atom. The van der Waals surface area contributed by atoms with E-state index in [2.05, 4.69) is 24.0 Å². The molecule has 3 heteroatoms. The minimum absolute atomic E-state index is 0. The Bertz CT molecular complexity index is 557. The number of benzene rings is 1. The van der Waals surface area contributed by atoms with Gasteiger partial charge in [-0.1, -0.05) is 11.6 Å². The maximum absolute atomic E-state index is 11.3. The number of nitrogens with one attached hydrogen (secondary N) is 1. The normalized spacial score (nSPS) is 10.1. The monoisotopic (exact) mass is 266 g/mol. The van der Waals surface area contributed by atoms with E-state index < -0.39 is 0 Å². The minimum atomic E-state index is -0.0260. The molecule has 0 aliphatic carbocycles. The van der Waals surface area contributed by atoms with Gasteiger partial charge in [0.2, 0.25) is 5.56 Å². The molecular weight excluding hydrogens is 254 g/mol. The van der Waals surface area contributed by atoms with Gasteiger partial charge in [0.15, 0.2) is 0 Å². The summed E-state index contributed by atoms with van der Waals surface area (Å²) in [4.78, 5) is 14.2. The van der Waals surface area contributed by atoms with Gasteiger partial charge in [-0.3, -0.25) is 4.79 Å². The molecule has 0 saturated carbocycles. The van der Waals surface area contributed by atoms with Crippen LogP contribution in [-0.4, -0.2) is 4.98 Å². The lowest BCUT2D eigenvalue weighted by Gasteiger charge is -2.06. The molecule has 1 radical (unpaired) electrons. The van der Waals surface area contributed by atoms with Crippen molar-refractivity contribution < 1.29 is 0 Å². The van der Waals surface area contributed by atoms with Crippen molar-refractivity contribution >= 4 is 27.9 Å². The van der Waals surface area contributed by atoms with Crippen molar-refractivity contribution in [1.82, 2.24) is 4.98 Å². The predicted octanol–water partition coefficient (Wildman–Crippen LogP) is 3.30. The van der Waals surface area contributed by atoms with E-state index in [1.54, 1.807) is 6.07 Å². The van der Waals surface area contributed by atoms with Crippen molar-refractivity contribution in [2.45, 2.75) is 20.8 Å². The van der Waals surface area contributed by atoms with Gasteiger partial charge in [0.1, 0.15) is 0 Å². The zero-order valence-electron chi connectivity index (χ0n) is 9.02. The van der Waals surface area contributed by atoms with E-state index in [1.807, 2.05) is 13.8 Å². The maximum Gasteiger partial charge on any atom is 0.248 e. The molecule has 0 atom stereocenters. The Kier molecular flexibility index (Phi) is 3.35. The summed E-state index contributed by atoms with van der Waals surface area (Å²) in [5.41, 5.74) is 4.32. The quantitative estimate of drug-likeness (QED) is 0.780. The summed E-state index contributed by atoms with van der Waals surface area (Å²) in [7, 11) is 0. The summed E-state index contributed by atoms with van der Waals surface area (Å²) in [6, 6.07) is 5.83. The van der Waals surface area contributed by atoms with Crippen LogP contribution in [0.2, 0.25) is 0 Å². The molecule has 0 aliphatic rings. The van der Waals surface area contributed by atoms with E-state index in [9.17, 15) is 4.79 Å². The lowest BCUT2D eigenvalue weighted by Crippen LogP contribution is -2.05. The van der Waals surface area contributed by atoms with Gasteiger partial charge in [-0.25, -0.2) is 0 Å². The SMILES string of the molecule is Cc1cc(C)c2[nH]c(=O)cc(C)c2c1.[Br]. The van der Waals surface area contributed by atoms with E-state index >= 15 is 0 Å². The third-order valence-corrected chi connectivity index (χ3v) is 2.50. The fourth-order valence-electron chi connectivity index (χ4n) is 1.88. The van der Waals surface area contributed by atoms with Crippen LogP contribution in [0, 0.1) is 20.8 Å². The number of pyridine rings is 1. The number of aryl methyl sites for hydroxylation is 3. The highest BCUT2D eigenvalue weighted by atomic mass is 79.9. The van der Waals surface area contributed by atoms with Crippen LogP contribution in [0.25, 0.3) is 10.9 Å². The zero-order valence-corrected chi connectivity index (χ0v) is 10.6. The highest BCUT2D eigenvalue weighted by Crippen LogP contribution is 2.19. The average molecular weight is 267 g/mol. The molecule has 1 aromatic carbocycles. The van der Waals surface area contributed by atoms with Gasteiger partial charge < -0.3 is 4.98 Å². The van der Waals surface area contributed by atoms with E-state index in [4.69, 9.17) is 0 Å². The Hall–Kier alpha value is -1.09. The van der Waals surface area contributed by atoms with Crippen LogP contribution < -0.4 is 5.56 Å². The third kappa shape index (κ3) is 2.12. The molecule has 2 rings (SSSR count). The highest BCUT2D eigenvalue weighted by Gasteiger charge is 2.02. The lowest BCUT2D eigenvalue weighted by molar-refractivity contribution is 1.25. The molecule has 0 amide bonds. The summed E-state index contributed by atoms with van der Waals surface area (Å²) in [6.07, 6.45) is 0. The topological polar surface area (TPSA) is 32.9 Å². The van der Waals surface area contributed by atoms with Crippen molar-refractivity contribution in [2.24, 2.45) is 0 Å². The van der Waals surface area contributed by atoms with E-state index in [-0.39, 0.29) is 22.5 Å². The second-order valence-corrected chi connectivity index (χ2v) is 3.82. The number of aromatic nitrogens is 1. The Morgan fingerprint density at radius 3 is 2.33 bits per heavy atom. The third-order valence-electron chi connectivity index (χ3n) is 2.50.